The number of amides is 2. The zero-order valence-corrected chi connectivity index (χ0v) is 19.7. The Hall–Kier alpha value is -4.04. The summed E-state index contributed by atoms with van der Waals surface area (Å²) in [5.74, 6) is -0.240. The van der Waals surface area contributed by atoms with E-state index in [2.05, 4.69) is 5.32 Å². The van der Waals surface area contributed by atoms with Crippen LogP contribution in [-0.4, -0.2) is 38.0 Å². The van der Waals surface area contributed by atoms with Crippen LogP contribution in [0.1, 0.15) is 6.42 Å². The number of rotatable bonds is 8. The highest BCUT2D eigenvalue weighted by Gasteiger charge is 2.36. The molecule has 1 saturated heterocycles. The molecule has 9 heteroatoms. The number of nitrogens with zero attached hydrogens (tertiary/aromatic N) is 1. The van der Waals surface area contributed by atoms with Gasteiger partial charge in [0.05, 0.1) is 23.7 Å². The second-order valence-corrected chi connectivity index (χ2v) is 8.20. The van der Waals surface area contributed by atoms with Crippen molar-refractivity contribution in [3.63, 3.8) is 0 Å². The predicted octanol–water partition coefficient (Wildman–Crippen LogP) is 4.68. The molecule has 0 aliphatic carbocycles. The molecule has 1 fully saturated rings. The summed E-state index contributed by atoms with van der Waals surface area (Å²) < 4.78 is 16.3. The molecule has 1 aliphatic heterocycles. The minimum atomic E-state index is -0.667. The SMILES string of the molecule is COc1ccccc1Oc1ccc(N2C[C@H](C(=O)OCC(=O)Nc3ccccc3Cl)CC2=O)cc1. The number of methoxy groups -OCH3 is 1. The summed E-state index contributed by atoms with van der Waals surface area (Å²) >= 11 is 6.01. The number of carbonyl (C=O) groups is 3. The molecule has 3 aromatic carbocycles. The number of hydrogen-bond acceptors (Lipinski definition) is 6. The number of carbonyl (C=O) groups excluding carboxylic acids is 3. The first-order chi connectivity index (χ1) is 16.9. The number of benzene rings is 3. The van der Waals surface area contributed by atoms with E-state index in [0.29, 0.717) is 33.6 Å². The highest BCUT2D eigenvalue weighted by molar-refractivity contribution is 6.33. The van der Waals surface area contributed by atoms with Crippen molar-refractivity contribution < 1.29 is 28.6 Å². The molecule has 1 atom stereocenters. The second kappa shape index (κ2) is 10.9. The fraction of sp³-hybridized carbons (Fsp3) is 0.192. The summed E-state index contributed by atoms with van der Waals surface area (Å²) in [7, 11) is 1.57. The molecule has 1 heterocycles. The Balaban J connectivity index is 1.31. The minimum Gasteiger partial charge on any atom is -0.493 e. The average molecular weight is 495 g/mol. The summed E-state index contributed by atoms with van der Waals surface area (Å²) in [4.78, 5) is 38.6. The van der Waals surface area contributed by atoms with Crippen LogP contribution < -0.4 is 19.7 Å². The fourth-order valence-electron chi connectivity index (χ4n) is 3.64. The van der Waals surface area contributed by atoms with Gasteiger partial charge in [-0.15, -0.1) is 0 Å². The van der Waals surface area contributed by atoms with Gasteiger partial charge in [-0.1, -0.05) is 35.9 Å². The van der Waals surface area contributed by atoms with Crippen LogP contribution in [0, 0.1) is 5.92 Å². The monoisotopic (exact) mass is 494 g/mol. The zero-order chi connectivity index (χ0) is 24.8. The van der Waals surface area contributed by atoms with Gasteiger partial charge in [0.25, 0.3) is 5.91 Å². The topological polar surface area (TPSA) is 94.2 Å². The number of halogens is 1. The van der Waals surface area contributed by atoms with E-state index in [9.17, 15) is 14.4 Å². The molecule has 8 nitrogen and oxygen atoms in total. The molecule has 2 amide bonds. The quantitative estimate of drug-likeness (QED) is 0.457. The standard InChI is InChI=1S/C26H23ClN2O6/c1-33-22-8-4-5-9-23(22)35-19-12-10-18(11-13-19)29-15-17(14-25(29)31)26(32)34-16-24(30)28-21-7-3-2-6-20(21)27/h2-13,17H,14-16H2,1H3,(H,28,30)/t17-/m1/s1. The summed E-state index contributed by atoms with van der Waals surface area (Å²) in [6.45, 7) is -0.305. The van der Waals surface area contributed by atoms with Gasteiger partial charge in [-0.05, 0) is 48.5 Å². The Bertz CT molecular complexity index is 1230. The van der Waals surface area contributed by atoms with Gasteiger partial charge in [0.2, 0.25) is 5.91 Å². The minimum absolute atomic E-state index is 0.00440. The highest BCUT2D eigenvalue weighted by atomic mass is 35.5. The maximum absolute atomic E-state index is 12.5. The zero-order valence-electron chi connectivity index (χ0n) is 18.9. The Morgan fingerprint density at radius 3 is 2.40 bits per heavy atom. The van der Waals surface area contributed by atoms with Crippen LogP contribution in [0.4, 0.5) is 11.4 Å². The molecular weight excluding hydrogens is 472 g/mol. The first-order valence-corrected chi connectivity index (χ1v) is 11.2. The lowest BCUT2D eigenvalue weighted by molar-refractivity contribution is -0.151. The van der Waals surface area contributed by atoms with Crippen LogP contribution >= 0.6 is 11.6 Å². The molecule has 1 aliphatic rings. The highest BCUT2D eigenvalue weighted by Crippen LogP contribution is 2.33. The Morgan fingerprint density at radius 1 is 1.00 bits per heavy atom. The first-order valence-electron chi connectivity index (χ1n) is 10.9. The number of ether oxygens (including phenoxy) is 3. The van der Waals surface area contributed by atoms with Gasteiger partial charge in [-0.25, -0.2) is 0 Å². The molecule has 0 radical (unpaired) electrons. The van der Waals surface area contributed by atoms with Crippen molar-refractivity contribution in [2.45, 2.75) is 6.42 Å². The molecule has 0 unspecified atom stereocenters. The molecule has 0 bridgehead atoms. The molecule has 3 aromatic rings. The first kappa shape index (κ1) is 24.1. The number of anilines is 2. The summed E-state index contributed by atoms with van der Waals surface area (Å²) in [6, 6.07) is 21.0. The van der Waals surface area contributed by atoms with E-state index in [0.717, 1.165) is 0 Å². The predicted molar refractivity (Wildman–Crippen MR) is 131 cm³/mol. The van der Waals surface area contributed by atoms with Gasteiger partial charge in [0, 0.05) is 18.7 Å². The summed E-state index contributed by atoms with van der Waals surface area (Å²) in [5, 5.41) is 2.96. The van der Waals surface area contributed by atoms with E-state index >= 15 is 0 Å². The van der Waals surface area contributed by atoms with Crippen LogP contribution in [0.15, 0.2) is 72.8 Å². The molecule has 1 N–H and O–H groups in total. The molecule has 0 saturated carbocycles. The molecular formula is C26H23ClN2O6. The summed E-state index contributed by atoms with van der Waals surface area (Å²) in [5.41, 5.74) is 1.06. The van der Waals surface area contributed by atoms with Crippen molar-refractivity contribution >= 4 is 40.8 Å². The van der Waals surface area contributed by atoms with Gasteiger partial charge in [-0.3, -0.25) is 14.4 Å². The van der Waals surface area contributed by atoms with Crippen molar-refractivity contribution in [1.82, 2.24) is 0 Å². The smallest absolute Gasteiger partial charge is 0.311 e. The van der Waals surface area contributed by atoms with Gasteiger partial charge in [0.1, 0.15) is 5.75 Å². The van der Waals surface area contributed by atoms with E-state index in [1.807, 2.05) is 12.1 Å². The van der Waals surface area contributed by atoms with Crippen molar-refractivity contribution in [2.24, 2.45) is 5.92 Å². The van der Waals surface area contributed by atoms with Crippen LogP contribution in [0.5, 0.6) is 17.2 Å². The lowest BCUT2D eigenvalue weighted by Crippen LogP contribution is -2.28. The van der Waals surface area contributed by atoms with Crippen LogP contribution in [0.25, 0.3) is 0 Å². The lowest BCUT2D eigenvalue weighted by atomic mass is 10.1. The van der Waals surface area contributed by atoms with Crippen LogP contribution in [0.3, 0.4) is 0 Å². The van der Waals surface area contributed by atoms with Crippen molar-refractivity contribution in [2.75, 3.05) is 30.5 Å². The fourth-order valence-corrected chi connectivity index (χ4v) is 3.83. The molecule has 35 heavy (non-hydrogen) atoms. The van der Waals surface area contributed by atoms with Crippen molar-refractivity contribution in [1.29, 1.82) is 0 Å². The Labute approximate surface area is 207 Å². The third-order valence-electron chi connectivity index (χ3n) is 5.40. The van der Waals surface area contributed by atoms with Crippen LogP contribution in [-0.2, 0) is 19.1 Å². The Morgan fingerprint density at radius 2 is 1.69 bits per heavy atom. The maximum atomic E-state index is 12.5. The average Bonchev–Trinajstić information content (AvgIpc) is 3.26. The van der Waals surface area contributed by atoms with Gasteiger partial charge in [0.15, 0.2) is 18.1 Å². The van der Waals surface area contributed by atoms with Crippen LogP contribution in [0.2, 0.25) is 5.02 Å². The number of esters is 1. The van der Waals surface area contributed by atoms with Gasteiger partial charge >= 0.3 is 5.97 Å². The number of hydrogen-bond donors (Lipinski definition) is 1. The third kappa shape index (κ3) is 5.91. The van der Waals surface area contributed by atoms with Crippen molar-refractivity contribution in [3.8, 4) is 17.2 Å². The lowest BCUT2D eigenvalue weighted by Gasteiger charge is -2.17. The van der Waals surface area contributed by atoms with Gasteiger partial charge < -0.3 is 24.4 Å². The normalized spacial score (nSPS) is 15.0. The van der Waals surface area contributed by atoms with Gasteiger partial charge in [-0.2, -0.15) is 0 Å². The molecule has 0 aromatic heterocycles. The third-order valence-corrected chi connectivity index (χ3v) is 5.73. The van der Waals surface area contributed by atoms with Crippen molar-refractivity contribution in [3.05, 3.63) is 77.8 Å². The number of para-hydroxylation sites is 3. The van der Waals surface area contributed by atoms with E-state index in [1.165, 1.54) is 4.90 Å². The van der Waals surface area contributed by atoms with E-state index in [-0.39, 0.29) is 18.9 Å². The van der Waals surface area contributed by atoms with E-state index in [4.69, 9.17) is 25.8 Å². The number of nitrogens with one attached hydrogen (secondary N) is 1. The second-order valence-electron chi connectivity index (χ2n) is 7.79. The largest absolute Gasteiger partial charge is 0.493 e. The Kier molecular flexibility index (Phi) is 7.52. The van der Waals surface area contributed by atoms with E-state index < -0.39 is 24.4 Å². The summed E-state index contributed by atoms with van der Waals surface area (Å²) in [6.07, 6.45) is 0.00440. The van der Waals surface area contributed by atoms with E-state index in [1.54, 1.807) is 67.8 Å². The molecule has 4 rings (SSSR count). The molecule has 0 spiro atoms. The maximum Gasteiger partial charge on any atom is 0.311 e. The molecule has 180 valence electrons.